The van der Waals surface area contributed by atoms with Crippen LogP contribution < -0.4 is 0 Å². The first-order chi connectivity index (χ1) is 14.2. The second kappa shape index (κ2) is 19.4. The molecule has 1 rings (SSSR count). The Labute approximate surface area is 194 Å². The highest BCUT2D eigenvalue weighted by molar-refractivity contribution is 7.80. The third-order valence-electron chi connectivity index (χ3n) is 7.11. The van der Waals surface area contributed by atoms with Crippen molar-refractivity contribution in [1.29, 1.82) is 0 Å². The van der Waals surface area contributed by atoms with E-state index in [2.05, 4.69) is 39.1 Å². The summed E-state index contributed by atoms with van der Waals surface area (Å²) in [5, 5.41) is 0. The molecule has 1 fully saturated rings. The number of unbranched alkanes of at least 4 members (excludes halogenated alkanes) is 15. The van der Waals surface area contributed by atoms with Crippen LogP contribution in [0.1, 0.15) is 123 Å². The van der Waals surface area contributed by atoms with E-state index in [1.54, 1.807) is 0 Å². The zero-order valence-corrected chi connectivity index (χ0v) is 21.5. The molecular weight excluding hydrogens is 392 g/mol. The van der Waals surface area contributed by atoms with Gasteiger partial charge in [0.05, 0.1) is 6.10 Å². The van der Waals surface area contributed by atoms with Crippen LogP contribution in [-0.2, 0) is 4.74 Å². The molecule has 29 heavy (non-hydrogen) atoms. The molecule has 0 amide bonds. The lowest BCUT2D eigenvalue weighted by Gasteiger charge is -2.23. The van der Waals surface area contributed by atoms with Crippen LogP contribution in [0.3, 0.4) is 0 Å². The largest absolute Gasteiger partial charge is 0.378 e. The average Bonchev–Trinajstić information content (AvgIpc) is 3.05. The standard InChI is InChI=1S/C26H52OS2/c1-3-4-5-6-7-8-9-10-11-12-13-14-15-16-17-18-19-27-26-23(2)24(21-28)20-25(26)22-29/h23-26,28-29H,3-22H2,1-2H3. The molecule has 0 saturated heterocycles. The van der Waals surface area contributed by atoms with Crippen LogP contribution in [0.15, 0.2) is 0 Å². The van der Waals surface area contributed by atoms with Crippen LogP contribution in [0.5, 0.6) is 0 Å². The van der Waals surface area contributed by atoms with Crippen molar-refractivity contribution in [3.63, 3.8) is 0 Å². The van der Waals surface area contributed by atoms with E-state index < -0.39 is 0 Å². The monoisotopic (exact) mass is 444 g/mol. The Morgan fingerprint density at radius 1 is 0.621 bits per heavy atom. The SMILES string of the molecule is CCCCCCCCCCCCCCCCCCOC1C(CS)CC(CS)C1C. The summed E-state index contributed by atoms with van der Waals surface area (Å²) in [4.78, 5) is 0. The van der Waals surface area contributed by atoms with Gasteiger partial charge in [-0.15, -0.1) is 0 Å². The van der Waals surface area contributed by atoms with Crippen molar-refractivity contribution in [2.24, 2.45) is 17.8 Å². The van der Waals surface area contributed by atoms with Gasteiger partial charge in [-0.1, -0.05) is 110 Å². The van der Waals surface area contributed by atoms with Crippen LogP contribution >= 0.6 is 25.3 Å². The molecule has 0 aromatic carbocycles. The van der Waals surface area contributed by atoms with Crippen molar-refractivity contribution in [3.05, 3.63) is 0 Å². The highest BCUT2D eigenvalue weighted by atomic mass is 32.1. The number of thiol groups is 2. The maximum absolute atomic E-state index is 6.29. The Morgan fingerprint density at radius 3 is 1.45 bits per heavy atom. The maximum Gasteiger partial charge on any atom is 0.0639 e. The van der Waals surface area contributed by atoms with Crippen LogP contribution in [0.4, 0.5) is 0 Å². The fourth-order valence-electron chi connectivity index (χ4n) is 5.01. The molecule has 1 aliphatic carbocycles. The van der Waals surface area contributed by atoms with E-state index in [0.29, 0.717) is 23.9 Å². The van der Waals surface area contributed by atoms with Crippen molar-refractivity contribution in [1.82, 2.24) is 0 Å². The molecule has 1 saturated carbocycles. The Hall–Kier alpha value is 0.660. The first kappa shape index (κ1) is 27.7. The van der Waals surface area contributed by atoms with Gasteiger partial charge in [0.2, 0.25) is 0 Å². The zero-order chi connectivity index (χ0) is 21.2. The van der Waals surface area contributed by atoms with Crippen molar-refractivity contribution in [3.8, 4) is 0 Å². The van der Waals surface area contributed by atoms with E-state index in [-0.39, 0.29) is 0 Å². The quantitative estimate of drug-likeness (QED) is 0.141. The molecule has 0 bridgehead atoms. The molecule has 1 aliphatic rings. The lowest BCUT2D eigenvalue weighted by molar-refractivity contribution is 0.00415. The average molecular weight is 445 g/mol. The fourth-order valence-corrected chi connectivity index (χ4v) is 5.85. The number of ether oxygens (including phenoxy) is 1. The van der Waals surface area contributed by atoms with Gasteiger partial charge in [-0.05, 0) is 42.1 Å². The van der Waals surface area contributed by atoms with Gasteiger partial charge in [-0.25, -0.2) is 0 Å². The van der Waals surface area contributed by atoms with Gasteiger partial charge < -0.3 is 4.74 Å². The predicted molar refractivity (Wildman–Crippen MR) is 138 cm³/mol. The van der Waals surface area contributed by atoms with E-state index in [1.807, 2.05) is 0 Å². The van der Waals surface area contributed by atoms with Crippen molar-refractivity contribution in [2.75, 3.05) is 18.1 Å². The summed E-state index contributed by atoms with van der Waals surface area (Å²) in [6.45, 7) is 5.59. The summed E-state index contributed by atoms with van der Waals surface area (Å²) in [5.41, 5.74) is 0. The van der Waals surface area contributed by atoms with E-state index >= 15 is 0 Å². The van der Waals surface area contributed by atoms with E-state index in [4.69, 9.17) is 4.74 Å². The highest BCUT2D eigenvalue weighted by Gasteiger charge is 2.39. The smallest absolute Gasteiger partial charge is 0.0639 e. The van der Waals surface area contributed by atoms with Crippen molar-refractivity contribution in [2.45, 2.75) is 129 Å². The first-order valence-corrected chi connectivity index (χ1v) is 14.3. The van der Waals surface area contributed by atoms with Crippen LogP contribution in [-0.4, -0.2) is 24.2 Å². The van der Waals surface area contributed by atoms with Gasteiger partial charge in [0.15, 0.2) is 0 Å². The molecule has 4 atom stereocenters. The summed E-state index contributed by atoms with van der Waals surface area (Å²) >= 11 is 9.07. The maximum atomic E-state index is 6.29. The van der Waals surface area contributed by atoms with Crippen molar-refractivity contribution < 1.29 is 4.74 Å². The third kappa shape index (κ3) is 13.0. The van der Waals surface area contributed by atoms with E-state index in [9.17, 15) is 0 Å². The second-order valence-corrected chi connectivity index (χ2v) is 10.3. The Balaban J connectivity index is 1.82. The molecule has 4 unspecified atom stereocenters. The molecule has 0 N–H and O–H groups in total. The minimum absolute atomic E-state index is 0.418. The normalized spacial score (nSPS) is 24.4. The molecule has 1 nitrogen and oxygen atoms in total. The van der Waals surface area contributed by atoms with Crippen LogP contribution in [0, 0.1) is 17.8 Å². The zero-order valence-electron chi connectivity index (χ0n) is 19.8. The van der Waals surface area contributed by atoms with Crippen LogP contribution in [0.2, 0.25) is 0 Å². The van der Waals surface area contributed by atoms with E-state index in [0.717, 1.165) is 18.1 Å². The first-order valence-electron chi connectivity index (χ1n) is 13.1. The molecular formula is C26H52OS2. The second-order valence-electron chi connectivity index (χ2n) is 9.62. The molecule has 0 aromatic heterocycles. The minimum atomic E-state index is 0.418. The van der Waals surface area contributed by atoms with Crippen molar-refractivity contribution >= 4 is 25.3 Å². The lowest BCUT2D eigenvalue weighted by Crippen LogP contribution is -2.26. The Morgan fingerprint density at radius 2 is 1.03 bits per heavy atom. The Bertz CT molecular complexity index is 348. The molecule has 0 spiro atoms. The van der Waals surface area contributed by atoms with E-state index in [1.165, 1.54) is 109 Å². The summed E-state index contributed by atoms with van der Waals surface area (Å²) < 4.78 is 6.29. The topological polar surface area (TPSA) is 9.23 Å². The third-order valence-corrected chi connectivity index (χ3v) is 8.05. The predicted octanol–water partition coefficient (Wildman–Crippen LogP) is 8.76. The summed E-state index contributed by atoms with van der Waals surface area (Å²) in [6.07, 6.45) is 24.4. The van der Waals surface area contributed by atoms with Gasteiger partial charge in [-0.2, -0.15) is 25.3 Å². The summed E-state index contributed by atoms with van der Waals surface area (Å²) in [5.74, 6) is 3.94. The number of hydrogen-bond donors (Lipinski definition) is 2. The number of rotatable bonds is 20. The number of hydrogen-bond acceptors (Lipinski definition) is 3. The molecule has 0 aliphatic heterocycles. The molecule has 0 aromatic rings. The van der Waals surface area contributed by atoms with Gasteiger partial charge in [-0.3, -0.25) is 0 Å². The molecule has 3 heteroatoms. The summed E-state index contributed by atoms with van der Waals surface area (Å²) in [6, 6.07) is 0. The molecule has 0 heterocycles. The highest BCUT2D eigenvalue weighted by Crippen LogP contribution is 2.39. The summed E-state index contributed by atoms with van der Waals surface area (Å²) in [7, 11) is 0. The Kier molecular flexibility index (Phi) is 18.5. The van der Waals surface area contributed by atoms with Gasteiger partial charge in [0.25, 0.3) is 0 Å². The molecule has 174 valence electrons. The lowest BCUT2D eigenvalue weighted by atomic mass is 9.98. The van der Waals surface area contributed by atoms with Gasteiger partial charge in [0, 0.05) is 6.61 Å². The fraction of sp³-hybridized carbons (Fsp3) is 1.00. The molecule has 0 radical (unpaired) electrons. The van der Waals surface area contributed by atoms with Gasteiger partial charge in [0.1, 0.15) is 0 Å². The van der Waals surface area contributed by atoms with Gasteiger partial charge >= 0.3 is 0 Å². The minimum Gasteiger partial charge on any atom is -0.378 e. The van der Waals surface area contributed by atoms with Crippen LogP contribution in [0.25, 0.3) is 0 Å².